The predicted octanol–water partition coefficient (Wildman–Crippen LogP) is 15.3. The molecule has 0 spiro atoms. The Labute approximate surface area is 319 Å². The van der Waals surface area contributed by atoms with Crippen LogP contribution in [0.15, 0.2) is 212 Å². The number of rotatable bonds is 7. The fraction of sp³-hybridized carbons (Fsp3) is 0. The van der Waals surface area contributed by atoms with E-state index in [-0.39, 0.29) is 0 Å². The molecule has 0 aliphatic heterocycles. The van der Waals surface area contributed by atoms with Crippen molar-refractivity contribution in [3.05, 3.63) is 212 Å². The monoisotopic (exact) mass is 705 g/mol. The zero-order chi connectivity index (χ0) is 35.8. The molecule has 0 bridgehead atoms. The second-order valence-electron chi connectivity index (χ2n) is 13.7. The van der Waals surface area contributed by atoms with Gasteiger partial charge in [-0.2, -0.15) is 0 Å². The highest BCUT2D eigenvalue weighted by molar-refractivity contribution is 7.25. The largest absolute Gasteiger partial charge is 0.310 e. The Hall–Kier alpha value is -6.74. The second-order valence-corrected chi connectivity index (χ2v) is 14.7. The van der Waals surface area contributed by atoms with E-state index >= 15 is 0 Å². The molecule has 0 saturated heterocycles. The molecule has 0 saturated carbocycles. The molecule has 1 nitrogen and oxygen atoms in total. The summed E-state index contributed by atoms with van der Waals surface area (Å²) in [5.74, 6) is 0. The van der Waals surface area contributed by atoms with Crippen molar-refractivity contribution in [1.82, 2.24) is 0 Å². The molecule has 54 heavy (non-hydrogen) atoms. The summed E-state index contributed by atoms with van der Waals surface area (Å²) in [5, 5.41) is 5.08. The Balaban J connectivity index is 1.17. The smallest absolute Gasteiger partial charge is 0.0540 e. The van der Waals surface area contributed by atoms with Crippen molar-refractivity contribution in [1.29, 1.82) is 0 Å². The van der Waals surface area contributed by atoms with Gasteiger partial charge in [0.05, 0.1) is 5.69 Å². The van der Waals surface area contributed by atoms with Crippen LogP contribution in [0.2, 0.25) is 0 Å². The fourth-order valence-electron chi connectivity index (χ4n) is 7.98. The Morgan fingerprint density at radius 3 is 1.61 bits per heavy atom. The van der Waals surface area contributed by atoms with Crippen molar-refractivity contribution >= 4 is 59.3 Å². The van der Waals surface area contributed by atoms with Crippen molar-refractivity contribution < 1.29 is 0 Å². The molecule has 0 amide bonds. The van der Waals surface area contributed by atoms with Gasteiger partial charge in [-0.1, -0.05) is 170 Å². The number of benzene rings is 9. The van der Waals surface area contributed by atoms with Gasteiger partial charge in [-0.3, -0.25) is 0 Å². The highest BCUT2D eigenvalue weighted by Crippen LogP contribution is 2.47. The first-order valence-electron chi connectivity index (χ1n) is 18.4. The van der Waals surface area contributed by atoms with Gasteiger partial charge in [-0.25, -0.2) is 0 Å². The Morgan fingerprint density at radius 1 is 0.296 bits per heavy atom. The van der Waals surface area contributed by atoms with Crippen molar-refractivity contribution in [3.63, 3.8) is 0 Å². The lowest BCUT2D eigenvalue weighted by atomic mass is 9.88. The van der Waals surface area contributed by atoms with Crippen molar-refractivity contribution in [3.8, 4) is 44.5 Å². The summed E-state index contributed by atoms with van der Waals surface area (Å²) in [6, 6.07) is 77.2. The van der Waals surface area contributed by atoms with Crippen LogP contribution in [-0.4, -0.2) is 0 Å². The molecule has 0 unspecified atom stereocenters. The summed E-state index contributed by atoms with van der Waals surface area (Å²) in [7, 11) is 0. The minimum absolute atomic E-state index is 1.10. The first-order valence-corrected chi connectivity index (χ1v) is 19.2. The first kappa shape index (κ1) is 32.0. The molecule has 0 fully saturated rings. The van der Waals surface area contributed by atoms with Gasteiger partial charge in [0, 0.05) is 37.1 Å². The van der Waals surface area contributed by atoms with Gasteiger partial charge in [0.15, 0.2) is 0 Å². The molecule has 1 aromatic heterocycles. The Kier molecular flexibility index (Phi) is 8.09. The lowest BCUT2D eigenvalue weighted by Gasteiger charge is -2.29. The third kappa shape index (κ3) is 5.65. The zero-order valence-corrected chi connectivity index (χ0v) is 30.4. The van der Waals surface area contributed by atoms with E-state index in [2.05, 4.69) is 217 Å². The van der Waals surface area contributed by atoms with Crippen LogP contribution in [0.4, 0.5) is 17.1 Å². The molecular weight excluding hydrogens is 671 g/mol. The topological polar surface area (TPSA) is 3.24 Å². The molecule has 10 rings (SSSR count). The predicted molar refractivity (Wildman–Crippen MR) is 233 cm³/mol. The maximum absolute atomic E-state index is 2.44. The van der Waals surface area contributed by atoms with Crippen molar-refractivity contribution in [2.45, 2.75) is 0 Å². The maximum atomic E-state index is 2.44. The SMILES string of the molecule is c1ccc(-c2ccccc2-c2ccccc2-c2ccccc2N(c2ccc(-c3cccc4ccccc34)cc2)c2ccc3sc4ccccc4c3c2)cc1. The van der Waals surface area contributed by atoms with E-state index in [4.69, 9.17) is 0 Å². The van der Waals surface area contributed by atoms with Gasteiger partial charge >= 0.3 is 0 Å². The molecule has 254 valence electrons. The van der Waals surface area contributed by atoms with Crippen LogP contribution in [0.5, 0.6) is 0 Å². The van der Waals surface area contributed by atoms with Crippen LogP contribution in [0.3, 0.4) is 0 Å². The van der Waals surface area contributed by atoms with Gasteiger partial charge in [0.1, 0.15) is 0 Å². The zero-order valence-electron chi connectivity index (χ0n) is 29.6. The lowest BCUT2D eigenvalue weighted by Crippen LogP contribution is -2.11. The first-order chi connectivity index (χ1) is 26.8. The van der Waals surface area contributed by atoms with Crippen molar-refractivity contribution in [2.75, 3.05) is 4.90 Å². The standard InChI is InChI=1S/C52H35NS/c1-2-15-36(16-3-1)43-20-6-7-21-44(43)45-22-8-9-23-46(45)47-24-10-12-27-50(47)53(40-33-34-52-49(35-40)48-25-11-13-28-51(48)54-52)39-31-29-38(30-32-39)42-26-14-18-37-17-4-5-19-41(37)42/h1-35H. The van der Waals surface area contributed by atoms with E-state index in [0.29, 0.717) is 0 Å². The highest BCUT2D eigenvalue weighted by Gasteiger charge is 2.21. The van der Waals surface area contributed by atoms with E-state index in [0.717, 1.165) is 17.1 Å². The van der Waals surface area contributed by atoms with E-state index in [1.165, 1.54) is 75.5 Å². The van der Waals surface area contributed by atoms with Gasteiger partial charge < -0.3 is 4.90 Å². The normalized spacial score (nSPS) is 11.3. The number of thiophene rings is 1. The average Bonchev–Trinajstić information content (AvgIpc) is 3.62. The van der Waals surface area contributed by atoms with Gasteiger partial charge in [0.25, 0.3) is 0 Å². The molecule has 1 heterocycles. The van der Waals surface area contributed by atoms with Crippen LogP contribution in [-0.2, 0) is 0 Å². The highest BCUT2D eigenvalue weighted by atomic mass is 32.1. The fourth-order valence-corrected chi connectivity index (χ4v) is 9.07. The van der Waals surface area contributed by atoms with E-state index < -0.39 is 0 Å². The van der Waals surface area contributed by atoms with Gasteiger partial charge in [-0.05, 0) is 92.2 Å². The Morgan fingerprint density at radius 2 is 0.815 bits per heavy atom. The number of hydrogen-bond acceptors (Lipinski definition) is 2. The van der Waals surface area contributed by atoms with Crippen LogP contribution in [0, 0.1) is 0 Å². The van der Waals surface area contributed by atoms with Crippen molar-refractivity contribution in [2.24, 2.45) is 0 Å². The van der Waals surface area contributed by atoms with Crippen LogP contribution >= 0.6 is 11.3 Å². The van der Waals surface area contributed by atoms with E-state index in [9.17, 15) is 0 Å². The minimum atomic E-state index is 1.10. The molecular formula is C52H35NS. The summed E-state index contributed by atoms with van der Waals surface area (Å²) in [6.07, 6.45) is 0. The van der Waals surface area contributed by atoms with Gasteiger partial charge in [-0.15, -0.1) is 11.3 Å². The number of anilines is 3. The molecule has 2 heteroatoms. The number of hydrogen-bond donors (Lipinski definition) is 0. The molecule has 9 aromatic carbocycles. The molecule has 0 aliphatic rings. The minimum Gasteiger partial charge on any atom is -0.310 e. The lowest BCUT2D eigenvalue weighted by molar-refractivity contribution is 1.29. The maximum Gasteiger partial charge on any atom is 0.0540 e. The average molecular weight is 706 g/mol. The van der Waals surface area contributed by atoms with E-state index in [1.807, 2.05) is 11.3 Å². The van der Waals surface area contributed by atoms with E-state index in [1.54, 1.807) is 0 Å². The third-order valence-corrected chi connectivity index (χ3v) is 11.7. The molecule has 0 aliphatic carbocycles. The van der Waals surface area contributed by atoms with Crippen LogP contribution < -0.4 is 4.90 Å². The molecule has 0 N–H and O–H groups in total. The number of nitrogens with zero attached hydrogens (tertiary/aromatic N) is 1. The van der Waals surface area contributed by atoms with Crippen LogP contribution in [0.1, 0.15) is 0 Å². The molecule has 10 aromatic rings. The quantitative estimate of drug-likeness (QED) is 0.160. The summed E-state index contributed by atoms with van der Waals surface area (Å²) in [6.45, 7) is 0. The summed E-state index contributed by atoms with van der Waals surface area (Å²) < 4.78 is 2.60. The van der Waals surface area contributed by atoms with Crippen LogP contribution in [0.25, 0.3) is 75.5 Å². The summed E-state index contributed by atoms with van der Waals surface area (Å²) >= 11 is 1.85. The summed E-state index contributed by atoms with van der Waals surface area (Å²) in [5.41, 5.74) is 13.0. The second kappa shape index (κ2) is 13.7. The molecule has 0 atom stereocenters. The Bertz CT molecular complexity index is 2930. The van der Waals surface area contributed by atoms with Gasteiger partial charge in [0.2, 0.25) is 0 Å². The molecule has 0 radical (unpaired) electrons. The third-order valence-electron chi connectivity index (χ3n) is 10.5. The number of para-hydroxylation sites is 1. The number of fused-ring (bicyclic) bond motifs is 4. The summed E-state index contributed by atoms with van der Waals surface area (Å²) in [4.78, 5) is 2.44.